The zero-order chi connectivity index (χ0) is 14.4. The Morgan fingerprint density at radius 2 is 2.00 bits per heavy atom. The van der Waals surface area contributed by atoms with Gasteiger partial charge >= 0.3 is 0 Å². The Labute approximate surface area is 116 Å². The number of carbonyl (C=O) groups excluding carboxylic acids is 2. The highest BCUT2D eigenvalue weighted by Gasteiger charge is 2.29. The van der Waals surface area contributed by atoms with E-state index in [9.17, 15) is 9.59 Å². The zero-order valence-corrected chi connectivity index (χ0v) is 12.5. The molecule has 3 unspecified atom stereocenters. The number of rotatable bonds is 5. The molecule has 2 amide bonds. The summed E-state index contributed by atoms with van der Waals surface area (Å²) in [6, 6.07) is -0.258. The molecule has 19 heavy (non-hydrogen) atoms. The number of carbonyl (C=O) groups is 2. The molecule has 1 aliphatic heterocycles. The van der Waals surface area contributed by atoms with Crippen LogP contribution in [0.2, 0.25) is 0 Å². The van der Waals surface area contributed by atoms with Crippen LogP contribution in [0, 0.1) is 5.92 Å². The second-order valence-electron chi connectivity index (χ2n) is 5.23. The van der Waals surface area contributed by atoms with Crippen LogP contribution < -0.4 is 10.6 Å². The molecule has 5 nitrogen and oxygen atoms in total. The van der Waals surface area contributed by atoms with Gasteiger partial charge in [0.15, 0.2) is 0 Å². The number of nitrogens with zero attached hydrogens (tertiary/aromatic N) is 1. The number of hydrogen-bond donors (Lipinski definition) is 2. The molecule has 0 spiro atoms. The van der Waals surface area contributed by atoms with Gasteiger partial charge in [0.1, 0.15) is 6.04 Å². The van der Waals surface area contributed by atoms with Crippen LogP contribution in [0.25, 0.3) is 0 Å². The van der Waals surface area contributed by atoms with Gasteiger partial charge in [-0.25, -0.2) is 0 Å². The number of piperidine rings is 1. The van der Waals surface area contributed by atoms with Crippen molar-refractivity contribution < 1.29 is 9.59 Å². The van der Waals surface area contributed by atoms with E-state index in [0.717, 1.165) is 19.4 Å². The molecule has 2 N–H and O–H groups in total. The molecule has 5 heteroatoms. The first-order valence-electron chi connectivity index (χ1n) is 7.33. The van der Waals surface area contributed by atoms with Crippen molar-refractivity contribution in [3.63, 3.8) is 0 Å². The van der Waals surface area contributed by atoms with Crippen molar-refractivity contribution in [1.82, 2.24) is 15.5 Å². The van der Waals surface area contributed by atoms with Gasteiger partial charge in [-0.15, -0.1) is 0 Å². The fourth-order valence-corrected chi connectivity index (χ4v) is 2.59. The van der Waals surface area contributed by atoms with Crippen molar-refractivity contribution >= 4 is 11.8 Å². The standard InChI is InChI=1S/C14H27N3O2/c1-5-17(6-2)14(19)11(4)16-13(18)12-8-7-9-15-10(12)3/h10-12,15H,5-9H2,1-4H3,(H,16,18). The minimum atomic E-state index is -0.443. The molecule has 110 valence electrons. The van der Waals surface area contributed by atoms with Crippen LogP contribution in [0.5, 0.6) is 0 Å². The third-order valence-electron chi connectivity index (χ3n) is 3.90. The molecule has 0 aliphatic carbocycles. The SMILES string of the molecule is CCN(CC)C(=O)C(C)NC(=O)C1CCCNC1C. The average molecular weight is 269 g/mol. The molecule has 0 saturated carbocycles. The number of likely N-dealkylation sites (N-methyl/N-ethyl adjacent to an activating group) is 1. The van der Waals surface area contributed by atoms with Crippen LogP contribution in [0.4, 0.5) is 0 Å². The Morgan fingerprint density at radius 3 is 2.53 bits per heavy atom. The Balaban J connectivity index is 2.53. The molecule has 1 saturated heterocycles. The van der Waals surface area contributed by atoms with E-state index < -0.39 is 6.04 Å². The van der Waals surface area contributed by atoms with Crippen LogP contribution >= 0.6 is 0 Å². The van der Waals surface area contributed by atoms with Crippen molar-refractivity contribution in [3.05, 3.63) is 0 Å². The summed E-state index contributed by atoms with van der Waals surface area (Å²) in [5, 5.41) is 6.16. The normalized spacial score (nSPS) is 24.6. The van der Waals surface area contributed by atoms with Gasteiger partial charge in [0, 0.05) is 19.1 Å². The molecule has 0 aromatic rings. The molecule has 1 heterocycles. The van der Waals surface area contributed by atoms with Crippen molar-refractivity contribution in [2.24, 2.45) is 5.92 Å². The van der Waals surface area contributed by atoms with Gasteiger partial charge < -0.3 is 15.5 Å². The molecule has 0 bridgehead atoms. The highest BCUT2D eigenvalue weighted by molar-refractivity contribution is 5.88. The summed E-state index contributed by atoms with van der Waals surface area (Å²) in [6.07, 6.45) is 1.91. The monoisotopic (exact) mass is 269 g/mol. The van der Waals surface area contributed by atoms with E-state index in [1.165, 1.54) is 0 Å². The van der Waals surface area contributed by atoms with Crippen LogP contribution in [-0.4, -0.2) is 48.4 Å². The first kappa shape index (κ1) is 16.0. The lowest BCUT2D eigenvalue weighted by Crippen LogP contribution is -2.52. The zero-order valence-electron chi connectivity index (χ0n) is 12.5. The van der Waals surface area contributed by atoms with E-state index in [1.54, 1.807) is 11.8 Å². The highest BCUT2D eigenvalue weighted by atomic mass is 16.2. The van der Waals surface area contributed by atoms with Gasteiger partial charge in [0.05, 0.1) is 5.92 Å². The van der Waals surface area contributed by atoms with E-state index in [-0.39, 0.29) is 23.8 Å². The fourth-order valence-electron chi connectivity index (χ4n) is 2.59. The smallest absolute Gasteiger partial charge is 0.244 e. The van der Waals surface area contributed by atoms with Gasteiger partial charge in [-0.1, -0.05) is 0 Å². The van der Waals surface area contributed by atoms with E-state index >= 15 is 0 Å². The maximum absolute atomic E-state index is 12.2. The quantitative estimate of drug-likeness (QED) is 0.774. The summed E-state index contributed by atoms with van der Waals surface area (Å²) in [7, 11) is 0. The summed E-state index contributed by atoms with van der Waals surface area (Å²) < 4.78 is 0. The van der Waals surface area contributed by atoms with Crippen LogP contribution in [-0.2, 0) is 9.59 Å². The summed E-state index contributed by atoms with van der Waals surface area (Å²) in [4.78, 5) is 26.0. The van der Waals surface area contributed by atoms with Crippen LogP contribution in [0.3, 0.4) is 0 Å². The van der Waals surface area contributed by atoms with E-state index in [4.69, 9.17) is 0 Å². The minimum Gasteiger partial charge on any atom is -0.344 e. The van der Waals surface area contributed by atoms with Gasteiger partial charge in [-0.3, -0.25) is 9.59 Å². The van der Waals surface area contributed by atoms with Crippen molar-refractivity contribution in [3.8, 4) is 0 Å². The minimum absolute atomic E-state index is 0.00484. The Morgan fingerprint density at radius 1 is 1.37 bits per heavy atom. The predicted molar refractivity (Wildman–Crippen MR) is 75.7 cm³/mol. The first-order chi connectivity index (χ1) is 9.01. The summed E-state index contributed by atoms with van der Waals surface area (Å²) in [6.45, 7) is 10.0. The number of nitrogens with one attached hydrogen (secondary N) is 2. The summed E-state index contributed by atoms with van der Waals surface area (Å²) >= 11 is 0. The second kappa shape index (κ2) is 7.48. The lowest BCUT2D eigenvalue weighted by molar-refractivity contribution is -0.137. The molecule has 1 rings (SSSR count). The van der Waals surface area contributed by atoms with E-state index in [2.05, 4.69) is 10.6 Å². The second-order valence-corrected chi connectivity index (χ2v) is 5.23. The van der Waals surface area contributed by atoms with Crippen molar-refractivity contribution in [1.29, 1.82) is 0 Å². The summed E-state index contributed by atoms with van der Waals surface area (Å²) in [5.74, 6) is -0.0387. The third-order valence-corrected chi connectivity index (χ3v) is 3.90. The first-order valence-corrected chi connectivity index (χ1v) is 7.33. The largest absolute Gasteiger partial charge is 0.344 e. The molecule has 1 fully saturated rings. The van der Waals surface area contributed by atoms with Gasteiger partial charge in [-0.2, -0.15) is 0 Å². The Hall–Kier alpha value is -1.10. The lowest BCUT2D eigenvalue weighted by Gasteiger charge is -2.30. The Bertz CT molecular complexity index is 316. The predicted octanol–water partition coefficient (Wildman–Crippen LogP) is 0.748. The van der Waals surface area contributed by atoms with Crippen molar-refractivity contribution in [2.45, 2.75) is 52.6 Å². The molecule has 3 atom stereocenters. The molecular formula is C14H27N3O2. The van der Waals surface area contributed by atoms with E-state index in [1.807, 2.05) is 20.8 Å². The molecular weight excluding hydrogens is 242 g/mol. The van der Waals surface area contributed by atoms with E-state index in [0.29, 0.717) is 13.1 Å². The van der Waals surface area contributed by atoms with Gasteiger partial charge in [-0.05, 0) is 47.1 Å². The van der Waals surface area contributed by atoms with Crippen molar-refractivity contribution in [2.75, 3.05) is 19.6 Å². The third kappa shape index (κ3) is 4.20. The average Bonchev–Trinajstić information content (AvgIpc) is 2.40. The maximum atomic E-state index is 12.2. The van der Waals surface area contributed by atoms with Crippen LogP contribution in [0.15, 0.2) is 0 Å². The molecule has 0 aromatic heterocycles. The molecule has 1 aliphatic rings. The highest BCUT2D eigenvalue weighted by Crippen LogP contribution is 2.16. The lowest BCUT2D eigenvalue weighted by atomic mass is 9.91. The molecule has 0 radical (unpaired) electrons. The number of amides is 2. The fraction of sp³-hybridized carbons (Fsp3) is 0.857. The number of hydrogen-bond acceptors (Lipinski definition) is 3. The van der Waals surface area contributed by atoms with Gasteiger partial charge in [0.25, 0.3) is 0 Å². The topological polar surface area (TPSA) is 61.4 Å². The van der Waals surface area contributed by atoms with Gasteiger partial charge in [0.2, 0.25) is 11.8 Å². The Kier molecular flexibility index (Phi) is 6.28. The molecule has 0 aromatic carbocycles. The maximum Gasteiger partial charge on any atom is 0.244 e. The summed E-state index contributed by atoms with van der Waals surface area (Å²) in [5.41, 5.74) is 0. The van der Waals surface area contributed by atoms with Crippen LogP contribution in [0.1, 0.15) is 40.5 Å².